The van der Waals surface area contributed by atoms with E-state index in [1.807, 2.05) is 29.8 Å². The first-order valence-corrected chi connectivity index (χ1v) is 5.58. The Labute approximate surface area is 101 Å². The molecule has 0 heterocycles. The Morgan fingerprint density at radius 1 is 1.31 bits per heavy atom. The molecule has 16 heavy (non-hydrogen) atoms. The smallest absolute Gasteiger partial charge is 0.320 e. The molecule has 0 atom stereocenters. The lowest BCUT2D eigenvalue weighted by Crippen LogP contribution is -2.28. The summed E-state index contributed by atoms with van der Waals surface area (Å²) in [5.41, 5.74) is 1.44. The largest absolute Gasteiger partial charge is 0.378 e. The molecule has 1 amide bonds. The number of hydrogen-bond donors (Lipinski definition) is 1. The van der Waals surface area contributed by atoms with E-state index in [-0.39, 0.29) is 0 Å². The molecule has 0 fully saturated rings. The zero-order valence-electron chi connectivity index (χ0n) is 8.93. The number of benzene rings is 1. The van der Waals surface area contributed by atoms with Crippen LogP contribution in [0.15, 0.2) is 24.3 Å². The van der Waals surface area contributed by atoms with Crippen LogP contribution in [0.5, 0.6) is 0 Å². The summed E-state index contributed by atoms with van der Waals surface area (Å²) in [5.74, 6) is -1.01. The average Bonchev–Trinajstić information content (AvgIpc) is 2.17. The Morgan fingerprint density at radius 2 is 1.81 bits per heavy atom. The first-order valence-electron chi connectivity index (χ1n) is 4.79. The first kappa shape index (κ1) is 13.1. The van der Waals surface area contributed by atoms with Crippen molar-refractivity contribution in [2.45, 2.75) is 24.6 Å². The van der Waals surface area contributed by atoms with Crippen LogP contribution in [0.3, 0.4) is 0 Å². The van der Waals surface area contributed by atoms with Gasteiger partial charge in [0.05, 0.1) is 0 Å². The van der Waals surface area contributed by atoms with Gasteiger partial charge in [0.25, 0.3) is 0 Å². The number of anilines is 1. The molecule has 0 bridgehead atoms. The molecule has 2 nitrogen and oxygen atoms in total. The number of nitrogens with one attached hydrogen (secondary N) is 1. The van der Waals surface area contributed by atoms with Crippen LogP contribution in [0.4, 0.5) is 14.5 Å². The third-order valence-electron chi connectivity index (χ3n) is 2.09. The second kappa shape index (κ2) is 4.91. The molecule has 0 aromatic heterocycles. The summed E-state index contributed by atoms with van der Waals surface area (Å²) >= 11 is 1.99. The Balaban J connectivity index is 2.73. The molecule has 0 saturated heterocycles. The number of hydrogen-bond acceptors (Lipinski definition) is 1. The highest BCUT2D eigenvalue weighted by Gasteiger charge is 2.34. The van der Waals surface area contributed by atoms with Gasteiger partial charge in [0.1, 0.15) is 0 Å². The summed E-state index contributed by atoms with van der Waals surface area (Å²) in [5, 5.41) is 2.11. The standard InChI is InChI=1S/C11H12BrF2NO/c1-7(2)8-3-5-9(6-4-8)15-10(16)11(12,13)14/h3-7H,1-2H3,(H,15,16). The molecule has 0 spiro atoms. The van der Waals surface area contributed by atoms with E-state index < -0.39 is 10.7 Å². The van der Waals surface area contributed by atoms with E-state index >= 15 is 0 Å². The molecular weight excluding hydrogens is 280 g/mol. The van der Waals surface area contributed by atoms with Crippen LogP contribution in [-0.2, 0) is 4.79 Å². The van der Waals surface area contributed by atoms with E-state index in [9.17, 15) is 13.6 Å². The molecule has 0 aliphatic heterocycles. The van der Waals surface area contributed by atoms with E-state index in [4.69, 9.17) is 0 Å². The van der Waals surface area contributed by atoms with Gasteiger partial charge in [0.15, 0.2) is 0 Å². The highest BCUT2D eigenvalue weighted by atomic mass is 79.9. The summed E-state index contributed by atoms with van der Waals surface area (Å²) in [7, 11) is 0. The van der Waals surface area contributed by atoms with Crippen LogP contribution in [0.2, 0.25) is 0 Å². The number of alkyl halides is 3. The maximum Gasteiger partial charge on any atom is 0.378 e. The van der Waals surface area contributed by atoms with Crippen molar-refractivity contribution in [3.8, 4) is 0 Å². The van der Waals surface area contributed by atoms with Gasteiger partial charge in [0.2, 0.25) is 0 Å². The Morgan fingerprint density at radius 3 is 2.19 bits per heavy atom. The number of carbonyl (C=O) groups excluding carboxylic acids is 1. The van der Waals surface area contributed by atoms with Gasteiger partial charge in [-0.25, -0.2) is 0 Å². The molecule has 88 valence electrons. The molecule has 0 saturated carbocycles. The van der Waals surface area contributed by atoms with Crippen LogP contribution in [0, 0.1) is 0 Å². The van der Waals surface area contributed by atoms with Crippen molar-refractivity contribution in [1.29, 1.82) is 0 Å². The van der Waals surface area contributed by atoms with Gasteiger partial charge in [-0.2, -0.15) is 8.78 Å². The molecule has 0 unspecified atom stereocenters. The molecule has 0 radical (unpaired) electrons. The fourth-order valence-corrected chi connectivity index (χ4v) is 1.25. The molecule has 1 aromatic rings. The minimum Gasteiger partial charge on any atom is -0.320 e. The average molecular weight is 292 g/mol. The molecule has 1 N–H and O–H groups in total. The minimum atomic E-state index is -3.54. The maximum atomic E-state index is 12.5. The fourth-order valence-electron chi connectivity index (χ4n) is 1.15. The van der Waals surface area contributed by atoms with E-state index in [0.717, 1.165) is 5.56 Å². The second-order valence-electron chi connectivity index (χ2n) is 3.73. The molecular formula is C11H12BrF2NO. The highest BCUT2D eigenvalue weighted by Crippen LogP contribution is 2.24. The predicted molar refractivity (Wildman–Crippen MR) is 63.0 cm³/mol. The SMILES string of the molecule is CC(C)c1ccc(NC(=O)C(F)(F)Br)cc1. The molecule has 1 rings (SSSR count). The summed E-state index contributed by atoms with van der Waals surface area (Å²) in [4.78, 5) is 7.41. The summed E-state index contributed by atoms with van der Waals surface area (Å²) in [6.07, 6.45) is 0. The van der Waals surface area contributed by atoms with Crippen molar-refractivity contribution in [1.82, 2.24) is 0 Å². The van der Waals surface area contributed by atoms with Gasteiger partial charge >= 0.3 is 10.7 Å². The zero-order chi connectivity index (χ0) is 12.3. The van der Waals surface area contributed by atoms with Gasteiger partial charge in [-0.05, 0) is 23.6 Å². The summed E-state index contributed by atoms with van der Waals surface area (Å²) in [6.45, 7) is 4.06. The third kappa shape index (κ3) is 3.56. The normalized spacial score (nSPS) is 11.6. The van der Waals surface area contributed by atoms with E-state index in [2.05, 4.69) is 5.32 Å². The number of rotatable bonds is 3. The first-order chi connectivity index (χ1) is 7.30. The van der Waals surface area contributed by atoms with Crippen LogP contribution in [-0.4, -0.2) is 10.7 Å². The van der Waals surface area contributed by atoms with Crippen molar-refractivity contribution in [2.24, 2.45) is 0 Å². The van der Waals surface area contributed by atoms with Gasteiger partial charge in [-0.15, -0.1) is 0 Å². The topological polar surface area (TPSA) is 29.1 Å². The molecule has 0 aliphatic rings. The van der Waals surface area contributed by atoms with Crippen molar-refractivity contribution >= 4 is 27.5 Å². The second-order valence-corrected chi connectivity index (χ2v) is 4.72. The van der Waals surface area contributed by atoms with Gasteiger partial charge in [-0.3, -0.25) is 4.79 Å². The van der Waals surface area contributed by atoms with Crippen LogP contribution < -0.4 is 5.32 Å². The highest BCUT2D eigenvalue weighted by molar-refractivity contribution is 9.10. The van der Waals surface area contributed by atoms with Crippen molar-refractivity contribution in [3.63, 3.8) is 0 Å². The van der Waals surface area contributed by atoms with Crippen molar-refractivity contribution < 1.29 is 13.6 Å². The van der Waals surface area contributed by atoms with Crippen LogP contribution in [0.25, 0.3) is 0 Å². The number of amides is 1. The Hall–Kier alpha value is -0.970. The van der Waals surface area contributed by atoms with Crippen LogP contribution >= 0.6 is 15.9 Å². The molecule has 5 heteroatoms. The van der Waals surface area contributed by atoms with Crippen LogP contribution in [0.1, 0.15) is 25.3 Å². The van der Waals surface area contributed by atoms with Gasteiger partial charge < -0.3 is 5.32 Å². The van der Waals surface area contributed by atoms with Crippen molar-refractivity contribution in [2.75, 3.05) is 5.32 Å². The Kier molecular flexibility index (Phi) is 4.02. The lowest BCUT2D eigenvalue weighted by molar-refractivity contribution is -0.128. The fraction of sp³-hybridized carbons (Fsp3) is 0.364. The number of halogens is 3. The number of carbonyl (C=O) groups is 1. The van der Waals surface area contributed by atoms with Crippen molar-refractivity contribution in [3.05, 3.63) is 29.8 Å². The third-order valence-corrected chi connectivity index (χ3v) is 2.45. The Bertz CT molecular complexity index is 371. The summed E-state index contributed by atoms with van der Waals surface area (Å²) < 4.78 is 25.0. The lowest BCUT2D eigenvalue weighted by Gasteiger charge is -2.10. The lowest BCUT2D eigenvalue weighted by atomic mass is 10.0. The molecule has 1 aromatic carbocycles. The van der Waals surface area contributed by atoms with E-state index in [1.54, 1.807) is 24.3 Å². The monoisotopic (exact) mass is 291 g/mol. The minimum absolute atomic E-state index is 0.355. The van der Waals surface area contributed by atoms with E-state index in [0.29, 0.717) is 11.6 Å². The maximum absolute atomic E-state index is 12.5. The quantitative estimate of drug-likeness (QED) is 0.845. The summed E-state index contributed by atoms with van der Waals surface area (Å²) in [6, 6.07) is 6.80. The van der Waals surface area contributed by atoms with Gasteiger partial charge in [-0.1, -0.05) is 26.0 Å². The van der Waals surface area contributed by atoms with E-state index in [1.165, 1.54) is 0 Å². The zero-order valence-corrected chi connectivity index (χ0v) is 10.5. The predicted octanol–water partition coefficient (Wildman–Crippen LogP) is 3.74. The van der Waals surface area contributed by atoms with Gasteiger partial charge in [0, 0.05) is 21.6 Å². The molecule has 0 aliphatic carbocycles.